The molecule has 17 heavy (non-hydrogen) atoms. The third-order valence-corrected chi connectivity index (χ3v) is 3.23. The van der Waals surface area contributed by atoms with E-state index in [2.05, 4.69) is 5.32 Å². The summed E-state index contributed by atoms with van der Waals surface area (Å²) < 4.78 is 13.6. The van der Waals surface area contributed by atoms with Crippen LogP contribution in [0.3, 0.4) is 0 Å². The first kappa shape index (κ1) is 12.0. The molecule has 0 aromatic heterocycles. The number of benzene rings is 1. The second kappa shape index (κ2) is 5.27. The van der Waals surface area contributed by atoms with Crippen LogP contribution in [0.15, 0.2) is 24.3 Å². The van der Waals surface area contributed by atoms with Crippen molar-refractivity contribution in [2.75, 3.05) is 25.0 Å². The molecule has 0 radical (unpaired) electrons. The lowest BCUT2D eigenvalue weighted by Gasteiger charge is -2.27. The Morgan fingerprint density at radius 3 is 2.65 bits per heavy atom. The zero-order valence-electron chi connectivity index (χ0n) is 9.95. The highest BCUT2D eigenvalue weighted by Gasteiger charge is 2.25. The molecule has 0 saturated carbocycles. The van der Waals surface area contributed by atoms with Crippen LogP contribution in [0.4, 0.5) is 10.1 Å². The van der Waals surface area contributed by atoms with Gasteiger partial charge in [0.15, 0.2) is 0 Å². The maximum absolute atomic E-state index is 13.6. The first-order valence-electron chi connectivity index (χ1n) is 5.93. The summed E-state index contributed by atoms with van der Waals surface area (Å²) in [6.07, 6.45) is 1.66. The summed E-state index contributed by atoms with van der Waals surface area (Å²) in [5, 5.41) is 3.21. The number of anilines is 1. The molecule has 2 rings (SSSR count). The van der Waals surface area contributed by atoms with Gasteiger partial charge in [0.2, 0.25) is 5.91 Å². The molecule has 1 N–H and O–H groups in total. The highest BCUT2D eigenvalue weighted by atomic mass is 19.1. The lowest BCUT2D eigenvalue weighted by molar-refractivity contribution is -0.122. The number of hydrogen-bond donors (Lipinski definition) is 1. The monoisotopic (exact) mass is 236 g/mol. The Bertz CT molecular complexity index is 402. The zero-order valence-corrected chi connectivity index (χ0v) is 9.95. The Morgan fingerprint density at radius 2 is 2.00 bits per heavy atom. The van der Waals surface area contributed by atoms with Crippen molar-refractivity contribution in [2.45, 2.75) is 12.8 Å². The Hall–Kier alpha value is -1.42. The molecular weight excluding hydrogens is 219 g/mol. The fraction of sp³-hybridized carbons (Fsp3) is 0.462. The van der Waals surface area contributed by atoms with Gasteiger partial charge >= 0.3 is 0 Å². The molecule has 0 atom stereocenters. The summed E-state index contributed by atoms with van der Waals surface area (Å²) in [5.74, 6) is -0.324. The van der Waals surface area contributed by atoms with Gasteiger partial charge in [0, 0.05) is 13.0 Å². The summed E-state index contributed by atoms with van der Waals surface area (Å²) in [6, 6.07) is 6.38. The average Bonchev–Trinajstić information content (AvgIpc) is 2.39. The van der Waals surface area contributed by atoms with Crippen LogP contribution in [-0.4, -0.2) is 26.0 Å². The molecule has 3 nitrogen and oxygen atoms in total. The molecule has 4 heteroatoms. The second-order valence-corrected chi connectivity index (χ2v) is 4.37. The van der Waals surface area contributed by atoms with Crippen LogP contribution in [0, 0.1) is 11.7 Å². The molecule has 1 aromatic rings. The fourth-order valence-electron chi connectivity index (χ4n) is 2.19. The van der Waals surface area contributed by atoms with E-state index in [4.69, 9.17) is 0 Å². The lowest BCUT2D eigenvalue weighted by Crippen LogP contribution is -2.39. The number of halogens is 1. The molecule has 0 spiro atoms. The molecule has 0 aliphatic carbocycles. The molecular formula is C13H17FN2O. The summed E-state index contributed by atoms with van der Waals surface area (Å²) in [7, 11) is 1.64. The van der Waals surface area contributed by atoms with Crippen LogP contribution in [0.5, 0.6) is 0 Å². The van der Waals surface area contributed by atoms with E-state index in [0.29, 0.717) is 5.69 Å². The van der Waals surface area contributed by atoms with E-state index < -0.39 is 0 Å². The Balaban J connectivity index is 2.11. The minimum absolute atomic E-state index is 0.0107. The van der Waals surface area contributed by atoms with E-state index in [1.165, 1.54) is 11.0 Å². The highest BCUT2D eigenvalue weighted by molar-refractivity contribution is 5.94. The fourth-order valence-corrected chi connectivity index (χ4v) is 2.19. The molecule has 1 saturated heterocycles. The minimum Gasteiger partial charge on any atom is -0.317 e. The van der Waals surface area contributed by atoms with Gasteiger partial charge in [-0.25, -0.2) is 4.39 Å². The van der Waals surface area contributed by atoms with Crippen LogP contribution in [-0.2, 0) is 4.79 Å². The lowest BCUT2D eigenvalue weighted by atomic mass is 9.96. The maximum atomic E-state index is 13.6. The van der Waals surface area contributed by atoms with E-state index in [1.54, 1.807) is 25.2 Å². The van der Waals surface area contributed by atoms with Crippen molar-refractivity contribution in [1.82, 2.24) is 5.32 Å². The van der Waals surface area contributed by atoms with Crippen molar-refractivity contribution in [3.8, 4) is 0 Å². The van der Waals surface area contributed by atoms with Crippen LogP contribution < -0.4 is 10.2 Å². The second-order valence-electron chi connectivity index (χ2n) is 4.37. The van der Waals surface area contributed by atoms with Crippen LogP contribution in [0.2, 0.25) is 0 Å². The van der Waals surface area contributed by atoms with Crippen LogP contribution >= 0.6 is 0 Å². The third kappa shape index (κ3) is 2.64. The number of carbonyl (C=O) groups excluding carboxylic acids is 1. The van der Waals surface area contributed by atoms with Gasteiger partial charge in [0.25, 0.3) is 0 Å². The SMILES string of the molecule is CN(C(=O)C1CCNCC1)c1ccccc1F. The molecule has 1 amide bonds. The van der Waals surface area contributed by atoms with Gasteiger partial charge in [0.1, 0.15) is 5.82 Å². The molecule has 1 fully saturated rings. The van der Waals surface area contributed by atoms with Crippen molar-refractivity contribution in [3.05, 3.63) is 30.1 Å². The standard InChI is InChI=1S/C13H17FN2O/c1-16(12-5-3-2-4-11(12)14)13(17)10-6-8-15-9-7-10/h2-5,10,15H,6-9H2,1H3. The van der Waals surface area contributed by atoms with Gasteiger partial charge in [-0.15, -0.1) is 0 Å². The van der Waals surface area contributed by atoms with Crippen LogP contribution in [0.25, 0.3) is 0 Å². The number of hydrogen-bond acceptors (Lipinski definition) is 2. The first-order valence-corrected chi connectivity index (χ1v) is 5.93. The summed E-state index contributed by atoms with van der Waals surface area (Å²) >= 11 is 0. The van der Waals surface area contributed by atoms with Gasteiger partial charge in [-0.2, -0.15) is 0 Å². The van der Waals surface area contributed by atoms with Gasteiger partial charge in [-0.3, -0.25) is 4.79 Å². The van der Waals surface area contributed by atoms with Gasteiger partial charge < -0.3 is 10.2 Å². The number of nitrogens with zero attached hydrogens (tertiary/aromatic N) is 1. The number of rotatable bonds is 2. The minimum atomic E-state index is -0.350. The molecule has 1 heterocycles. The van der Waals surface area contributed by atoms with Crippen molar-refractivity contribution in [1.29, 1.82) is 0 Å². The summed E-state index contributed by atoms with van der Waals surface area (Å²) in [6.45, 7) is 1.73. The Morgan fingerprint density at radius 1 is 1.35 bits per heavy atom. The summed E-state index contributed by atoms with van der Waals surface area (Å²) in [5.41, 5.74) is 0.357. The van der Waals surface area contributed by atoms with Crippen molar-refractivity contribution in [3.63, 3.8) is 0 Å². The molecule has 1 aliphatic heterocycles. The Labute approximate surface area is 101 Å². The topological polar surface area (TPSA) is 32.3 Å². The first-order chi connectivity index (χ1) is 8.20. The largest absolute Gasteiger partial charge is 0.317 e. The molecule has 1 aromatic carbocycles. The van der Waals surface area contributed by atoms with Gasteiger partial charge in [0.05, 0.1) is 5.69 Å². The number of amides is 1. The van der Waals surface area contributed by atoms with Crippen molar-refractivity contribution >= 4 is 11.6 Å². The van der Waals surface area contributed by atoms with E-state index in [-0.39, 0.29) is 17.6 Å². The van der Waals surface area contributed by atoms with Crippen molar-refractivity contribution < 1.29 is 9.18 Å². The quantitative estimate of drug-likeness (QED) is 0.849. The predicted octanol–water partition coefficient (Wildman–Crippen LogP) is 1.79. The molecule has 92 valence electrons. The maximum Gasteiger partial charge on any atom is 0.230 e. The summed E-state index contributed by atoms with van der Waals surface area (Å²) in [4.78, 5) is 13.6. The van der Waals surface area contributed by atoms with Crippen molar-refractivity contribution in [2.24, 2.45) is 5.92 Å². The third-order valence-electron chi connectivity index (χ3n) is 3.23. The van der Waals surface area contributed by atoms with Gasteiger partial charge in [-0.1, -0.05) is 12.1 Å². The molecule has 0 bridgehead atoms. The number of piperidine rings is 1. The molecule has 0 unspecified atom stereocenters. The Kier molecular flexibility index (Phi) is 3.74. The number of nitrogens with one attached hydrogen (secondary N) is 1. The number of para-hydroxylation sites is 1. The van der Waals surface area contributed by atoms with E-state index in [9.17, 15) is 9.18 Å². The van der Waals surface area contributed by atoms with E-state index >= 15 is 0 Å². The zero-order chi connectivity index (χ0) is 12.3. The normalized spacial score (nSPS) is 16.8. The average molecular weight is 236 g/mol. The predicted molar refractivity (Wildman–Crippen MR) is 65.4 cm³/mol. The highest BCUT2D eigenvalue weighted by Crippen LogP contribution is 2.22. The van der Waals surface area contributed by atoms with Crippen LogP contribution in [0.1, 0.15) is 12.8 Å². The molecule has 1 aliphatic rings. The number of carbonyl (C=O) groups is 1. The van der Waals surface area contributed by atoms with E-state index in [1.807, 2.05) is 0 Å². The smallest absolute Gasteiger partial charge is 0.230 e. The van der Waals surface area contributed by atoms with Gasteiger partial charge in [-0.05, 0) is 38.1 Å². The van der Waals surface area contributed by atoms with E-state index in [0.717, 1.165) is 25.9 Å².